The molecule has 1 atom stereocenters. The van der Waals surface area contributed by atoms with Gasteiger partial charge in [0, 0.05) is 12.5 Å². The highest BCUT2D eigenvalue weighted by Crippen LogP contribution is 2.15. The fraction of sp³-hybridized carbons (Fsp3) is 0.727. The van der Waals surface area contributed by atoms with Crippen LogP contribution in [0.2, 0.25) is 0 Å². The molecule has 1 heterocycles. The van der Waals surface area contributed by atoms with Crippen LogP contribution in [0.3, 0.4) is 0 Å². The van der Waals surface area contributed by atoms with E-state index in [1.165, 1.54) is 4.90 Å². The summed E-state index contributed by atoms with van der Waals surface area (Å²) in [7, 11) is 0. The Kier molecular flexibility index (Phi) is 4.62. The predicted molar refractivity (Wildman–Crippen MR) is 60.3 cm³/mol. The van der Waals surface area contributed by atoms with Crippen molar-refractivity contribution in [3.05, 3.63) is 0 Å². The average Bonchev–Trinajstić information content (AvgIpc) is 2.48. The molecule has 1 rings (SSSR count). The van der Waals surface area contributed by atoms with Gasteiger partial charge in [0.25, 0.3) is 0 Å². The topological polar surface area (TPSA) is 86.7 Å². The van der Waals surface area contributed by atoms with Crippen molar-refractivity contribution >= 4 is 17.8 Å². The second kappa shape index (κ2) is 5.77. The Morgan fingerprint density at radius 1 is 1.53 bits per heavy atom. The predicted octanol–water partition coefficient (Wildman–Crippen LogP) is -0.0233. The second-order valence-corrected chi connectivity index (χ2v) is 4.40. The Balaban J connectivity index is 2.39. The summed E-state index contributed by atoms with van der Waals surface area (Å²) in [5.41, 5.74) is 0. The lowest BCUT2D eigenvalue weighted by atomic mass is 10.2. The first kappa shape index (κ1) is 13.6. The van der Waals surface area contributed by atoms with Crippen molar-refractivity contribution in [2.24, 2.45) is 0 Å². The Morgan fingerprint density at radius 2 is 2.18 bits per heavy atom. The second-order valence-electron chi connectivity index (χ2n) is 4.40. The van der Waals surface area contributed by atoms with Crippen molar-refractivity contribution in [2.75, 3.05) is 6.54 Å². The normalized spacial score (nSPS) is 20.4. The van der Waals surface area contributed by atoms with E-state index in [1.807, 2.05) is 0 Å². The number of hydrogen-bond donors (Lipinski definition) is 2. The Bertz CT molecular complexity index is 327. The molecule has 1 aliphatic heterocycles. The maximum Gasteiger partial charge on any atom is 0.303 e. The van der Waals surface area contributed by atoms with E-state index < -0.39 is 12.0 Å². The Hall–Kier alpha value is -1.43. The van der Waals surface area contributed by atoms with E-state index in [1.54, 1.807) is 13.8 Å². The third kappa shape index (κ3) is 3.52. The van der Waals surface area contributed by atoms with Gasteiger partial charge < -0.3 is 10.4 Å². The number of likely N-dealkylation sites (tertiary alicyclic amines) is 1. The molecule has 1 fully saturated rings. The van der Waals surface area contributed by atoms with E-state index in [0.29, 0.717) is 13.0 Å². The van der Waals surface area contributed by atoms with Crippen LogP contribution < -0.4 is 5.32 Å². The van der Waals surface area contributed by atoms with Crippen molar-refractivity contribution in [1.82, 2.24) is 10.2 Å². The highest BCUT2D eigenvalue weighted by Gasteiger charge is 2.39. The van der Waals surface area contributed by atoms with Crippen molar-refractivity contribution in [3.63, 3.8) is 0 Å². The summed E-state index contributed by atoms with van der Waals surface area (Å²) in [6.07, 6.45) is 0.689. The lowest BCUT2D eigenvalue weighted by molar-refractivity contribution is -0.141. The van der Waals surface area contributed by atoms with E-state index in [-0.39, 0.29) is 30.7 Å². The highest BCUT2D eigenvalue weighted by atomic mass is 16.4. The molecule has 0 aromatic heterocycles. The quantitative estimate of drug-likeness (QED) is 0.505. The van der Waals surface area contributed by atoms with Crippen LogP contribution in [0.25, 0.3) is 0 Å². The molecular weight excluding hydrogens is 224 g/mol. The summed E-state index contributed by atoms with van der Waals surface area (Å²) >= 11 is 0. The zero-order valence-corrected chi connectivity index (χ0v) is 10.1. The van der Waals surface area contributed by atoms with Crippen LogP contribution in [0.5, 0.6) is 0 Å². The third-order valence-corrected chi connectivity index (χ3v) is 2.66. The summed E-state index contributed by atoms with van der Waals surface area (Å²) in [5, 5.41) is 11.4. The number of carboxylic acid groups (broad SMARTS) is 1. The first-order chi connectivity index (χ1) is 7.93. The first-order valence-electron chi connectivity index (χ1n) is 5.74. The molecule has 0 spiro atoms. The van der Waals surface area contributed by atoms with E-state index in [2.05, 4.69) is 5.32 Å². The molecule has 6 nitrogen and oxygen atoms in total. The number of nitrogens with one attached hydrogen (secondary N) is 1. The minimum atomic E-state index is -0.857. The van der Waals surface area contributed by atoms with Crippen LogP contribution in [-0.4, -0.2) is 46.4 Å². The van der Waals surface area contributed by atoms with Crippen LogP contribution in [0.1, 0.15) is 33.1 Å². The molecule has 6 heteroatoms. The van der Waals surface area contributed by atoms with Gasteiger partial charge in [-0.3, -0.25) is 19.3 Å². The molecule has 0 aromatic rings. The number of rotatable bonds is 6. The van der Waals surface area contributed by atoms with Gasteiger partial charge in [-0.05, 0) is 26.8 Å². The van der Waals surface area contributed by atoms with Crippen molar-refractivity contribution < 1.29 is 19.5 Å². The number of nitrogens with zero attached hydrogens (tertiary/aromatic N) is 1. The summed E-state index contributed by atoms with van der Waals surface area (Å²) in [4.78, 5) is 34.9. The van der Waals surface area contributed by atoms with Gasteiger partial charge in [0.15, 0.2) is 0 Å². The Labute approximate surface area is 100.0 Å². The van der Waals surface area contributed by atoms with Crippen molar-refractivity contribution in [3.8, 4) is 0 Å². The number of imide groups is 1. The van der Waals surface area contributed by atoms with Gasteiger partial charge >= 0.3 is 5.97 Å². The summed E-state index contributed by atoms with van der Waals surface area (Å²) in [5.74, 6) is -1.23. The van der Waals surface area contributed by atoms with Gasteiger partial charge in [0.2, 0.25) is 11.8 Å². The van der Waals surface area contributed by atoms with Crippen molar-refractivity contribution in [1.29, 1.82) is 0 Å². The van der Waals surface area contributed by atoms with Gasteiger partial charge in [-0.1, -0.05) is 0 Å². The fourth-order valence-electron chi connectivity index (χ4n) is 1.87. The van der Waals surface area contributed by atoms with Crippen LogP contribution in [0, 0.1) is 0 Å². The van der Waals surface area contributed by atoms with Crippen LogP contribution in [0.4, 0.5) is 0 Å². The Morgan fingerprint density at radius 3 is 2.65 bits per heavy atom. The van der Waals surface area contributed by atoms with Crippen LogP contribution in [0.15, 0.2) is 0 Å². The largest absolute Gasteiger partial charge is 0.481 e. The minimum absolute atomic E-state index is 0.0652. The summed E-state index contributed by atoms with van der Waals surface area (Å²) < 4.78 is 0. The number of amides is 2. The van der Waals surface area contributed by atoms with Gasteiger partial charge in [0.05, 0.1) is 12.5 Å². The number of carbonyl (C=O) groups is 3. The van der Waals surface area contributed by atoms with E-state index in [0.717, 1.165) is 0 Å². The molecule has 2 amide bonds. The summed E-state index contributed by atoms with van der Waals surface area (Å²) in [6.45, 7) is 4.02. The van der Waals surface area contributed by atoms with E-state index in [9.17, 15) is 14.4 Å². The fourth-order valence-corrected chi connectivity index (χ4v) is 1.87. The molecule has 96 valence electrons. The lowest BCUT2D eigenvalue weighted by Crippen LogP contribution is -2.42. The zero-order chi connectivity index (χ0) is 13.0. The standard InChI is InChI=1S/C11H18N2O4/c1-7(2)13-9(14)6-8(11(13)17)12-5-3-4-10(15)16/h7-8,12H,3-6H2,1-2H3,(H,15,16). The first-order valence-corrected chi connectivity index (χ1v) is 5.74. The minimum Gasteiger partial charge on any atom is -0.481 e. The van der Waals surface area contributed by atoms with Gasteiger partial charge in [-0.2, -0.15) is 0 Å². The number of carboxylic acids is 1. The molecule has 1 unspecified atom stereocenters. The molecule has 0 aromatic carbocycles. The molecule has 0 aliphatic carbocycles. The lowest BCUT2D eigenvalue weighted by Gasteiger charge is -2.19. The SMILES string of the molecule is CC(C)N1C(=O)CC(NCCCC(=O)O)C1=O. The summed E-state index contributed by atoms with van der Waals surface area (Å²) in [6, 6.07) is -0.612. The number of carbonyl (C=O) groups excluding carboxylic acids is 2. The monoisotopic (exact) mass is 242 g/mol. The molecule has 0 radical (unpaired) electrons. The molecule has 1 aliphatic rings. The van der Waals surface area contributed by atoms with Crippen molar-refractivity contribution in [2.45, 2.75) is 45.2 Å². The third-order valence-electron chi connectivity index (χ3n) is 2.66. The molecule has 1 saturated heterocycles. The van der Waals surface area contributed by atoms with Gasteiger partial charge in [-0.25, -0.2) is 0 Å². The van der Waals surface area contributed by atoms with Gasteiger partial charge in [-0.15, -0.1) is 0 Å². The van der Waals surface area contributed by atoms with Gasteiger partial charge in [0.1, 0.15) is 0 Å². The zero-order valence-electron chi connectivity index (χ0n) is 10.1. The smallest absolute Gasteiger partial charge is 0.303 e. The molecule has 0 bridgehead atoms. The highest BCUT2D eigenvalue weighted by molar-refractivity contribution is 6.05. The number of hydrogen-bond acceptors (Lipinski definition) is 4. The molecule has 0 saturated carbocycles. The maximum absolute atomic E-state index is 11.8. The average molecular weight is 242 g/mol. The molecule has 17 heavy (non-hydrogen) atoms. The van der Waals surface area contributed by atoms with E-state index >= 15 is 0 Å². The maximum atomic E-state index is 11.8. The number of aliphatic carboxylic acids is 1. The van der Waals surface area contributed by atoms with Crippen LogP contribution in [-0.2, 0) is 14.4 Å². The van der Waals surface area contributed by atoms with E-state index in [4.69, 9.17) is 5.11 Å². The molecule has 2 N–H and O–H groups in total. The molecular formula is C11H18N2O4. The van der Waals surface area contributed by atoms with Crippen LogP contribution >= 0.6 is 0 Å².